The molecule has 1 aliphatic heterocycles. The first-order valence-electron chi connectivity index (χ1n) is 19.4. The van der Waals surface area contributed by atoms with Crippen LogP contribution in [0.5, 0.6) is 0 Å². The van der Waals surface area contributed by atoms with E-state index < -0.39 is 53.7 Å². The molecule has 2 unspecified atom stereocenters. The first-order chi connectivity index (χ1) is 28.0. The number of aryl methyl sites for hydroxylation is 1. The fraction of sp³-hybridized carbons (Fsp3) is 0.605. The van der Waals surface area contributed by atoms with Gasteiger partial charge in [0.25, 0.3) is 0 Å². The van der Waals surface area contributed by atoms with E-state index in [1.807, 2.05) is 31.2 Å². The van der Waals surface area contributed by atoms with Gasteiger partial charge in [0.05, 0.1) is 26.2 Å². The molecule has 8 N–H and O–H groups in total. The van der Waals surface area contributed by atoms with E-state index in [4.69, 9.17) is 0 Å². The molecule has 0 bridgehead atoms. The molecule has 0 aromatic heterocycles. The van der Waals surface area contributed by atoms with Crippen LogP contribution in [0, 0.1) is 6.92 Å². The summed E-state index contributed by atoms with van der Waals surface area (Å²) < 4.78 is 0. The number of hydrogen-bond donors (Lipinski definition) is 8. The molecule has 1 aliphatic rings. The van der Waals surface area contributed by atoms with Crippen molar-refractivity contribution in [2.75, 3.05) is 85.1 Å². The van der Waals surface area contributed by atoms with Crippen LogP contribution in [0.1, 0.15) is 49.7 Å². The van der Waals surface area contributed by atoms with Crippen LogP contribution >= 0.6 is 0 Å². The summed E-state index contributed by atoms with van der Waals surface area (Å²) in [5.41, 5.74) is 1.93. The van der Waals surface area contributed by atoms with Crippen molar-refractivity contribution < 1.29 is 63.6 Å². The summed E-state index contributed by atoms with van der Waals surface area (Å²) in [6.45, 7) is 3.53. The van der Waals surface area contributed by atoms with E-state index in [0.717, 1.165) is 17.4 Å². The fourth-order valence-electron chi connectivity index (χ4n) is 6.17. The number of carbonyl (C=O) groups excluding carboxylic acids is 5. The van der Waals surface area contributed by atoms with Gasteiger partial charge in [-0.1, -0.05) is 29.8 Å². The lowest BCUT2D eigenvalue weighted by atomic mass is 10.1. The maximum Gasteiger partial charge on any atom is 0.326 e. The Hall–Kier alpha value is -5.51. The molecule has 1 fully saturated rings. The summed E-state index contributed by atoms with van der Waals surface area (Å²) in [5.74, 6) is -7.00. The highest BCUT2D eigenvalue weighted by atomic mass is 16.4. The summed E-state index contributed by atoms with van der Waals surface area (Å²) in [5, 5.41) is 48.2. The van der Waals surface area contributed by atoms with Crippen molar-refractivity contribution in [2.24, 2.45) is 0 Å². The number of amides is 4. The molecule has 328 valence electrons. The van der Waals surface area contributed by atoms with Gasteiger partial charge in [-0.15, -0.1) is 0 Å². The van der Waals surface area contributed by atoms with Crippen LogP contribution in [-0.2, 0) is 49.7 Å². The maximum atomic E-state index is 13.1. The molecule has 0 saturated carbocycles. The average Bonchev–Trinajstić information content (AvgIpc) is 3.16. The Bertz CT molecular complexity index is 1560. The molecule has 1 aromatic rings. The van der Waals surface area contributed by atoms with Gasteiger partial charge in [0.1, 0.15) is 18.4 Å². The van der Waals surface area contributed by atoms with Gasteiger partial charge >= 0.3 is 23.9 Å². The second-order valence-corrected chi connectivity index (χ2v) is 14.3. The minimum Gasteiger partial charge on any atom is -0.480 e. The topological polar surface area (TPSA) is 296 Å². The molecule has 0 aliphatic carbocycles. The second-order valence-electron chi connectivity index (χ2n) is 14.3. The third-order valence-corrected chi connectivity index (χ3v) is 9.41. The Balaban J connectivity index is 1.82. The maximum absolute atomic E-state index is 13.1. The molecule has 1 heterocycles. The smallest absolute Gasteiger partial charge is 0.326 e. The number of carbonyl (C=O) groups is 9. The molecule has 59 heavy (non-hydrogen) atoms. The summed E-state index contributed by atoms with van der Waals surface area (Å²) in [6, 6.07) is 4.82. The number of hydrogen-bond acceptors (Lipinski definition) is 13. The lowest BCUT2D eigenvalue weighted by molar-refractivity contribution is -0.142. The second kappa shape index (κ2) is 27.2. The van der Waals surface area contributed by atoms with E-state index in [-0.39, 0.29) is 123 Å². The Morgan fingerprint density at radius 3 is 1.58 bits per heavy atom. The molecular formula is C38H58N8O13. The number of aliphatic carboxylic acids is 4. The average molecular weight is 835 g/mol. The Kier molecular flexibility index (Phi) is 22.9. The molecular weight excluding hydrogens is 776 g/mol. The monoisotopic (exact) mass is 834 g/mol. The number of rotatable bonds is 24. The van der Waals surface area contributed by atoms with Crippen LogP contribution in [0.4, 0.5) is 0 Å². The molecule has 2 atom stereocenters. The number of carboxylic acid groups (broad SMARTS) is 4. The number of benzene rings is 1. The van der Waals surface area contributed by atoms with E-state index in [2.05, 4.69) is 21.3 Å². The SMILES string of the molecule is Cc1cccc(CNC(=O)CCC(NC(=O)CCCNC(=O)CCC(NC(=O)CN2CCN(CC(=O)O)CCN(CC=O)CCN(CC(=O)O)CC2)C(=O)O)C(=O)O)c1. The molecule has 0 spiro atoms. The van der Waals surface area contributed by atoms with Crippen molar-refractivity contribution in [3.8, 4) is 0 Å². The van der Waals surface area contributed by atoms with Crippen molar-refractivity contribution in [1.82, 2.24) is 40.9 Å². The molecule has 1 aromatic carbocycles. The van der Waals surface area contributed by atoms with E-state index in [9.17, 15) is 63.6 Å². The van der Waals surface area contributed by atoms with Crippen LogP contribution in [-0.4, -0.2) is 191 Å². The fourth-order valence-corrected chi connectivity index (χ4v) is 6.17. The number of nitrogens with zero attached hydrogens (tertiary/aromatic N) is 4. The molecule has 4 amide bonds. The van der Waals surface area contributed by atoms with Crippen molar-refractivity contribution in [1.29, 1.82) is 0 Å². The summed E-state index contributed by atoms with van der Waals surface area (Å²) in [4.78, 5) is 115. The molecule has 21 heteroatoms. The number of carboxylic acids is 4. The van der Waals surface area contributed by atoms with Crippen molar-refractivity contribution in [3.63, 3.8) is 0 Å². The minimum absolute atomic E-state index is 0.0251. The van der Waals surface area contributed by atoms with Crippen LogP contribution in [0.25, 0.3) is 0 Å². The normalized spacial score (nSPS) is 15.9. The molecule has 1 saturated heterocycles. The zero-order chi connectivity index (χ0) is 43.7. The van der Waals surface area contributed by atoms with E-state index in [1.54, 1.807) is 19.6 Å². The van der Waals surface area contributed by atoms with Gasteiger partial charge in [0.15, 0.2) is 0 Å². The van der Waals surface area contributed by atoms with Crippen molar-refractivity contribution in [3.05, 3.63) is 35.4 Å². The summed E-state index contributed by atoms with van der Waals surface area (Å²) >= 11 is 0. The van der Waals surface area contributed by atoms with Gasteiger partial charge < -0.3 is 46.5 Å². The molecule has 0 radical (unpaired) electrons. The van der Waals surface area contributed by atoms with Gasteiger partial charge in [0, 0.05) is 84.7 Å². The van der Waals surface area contributed by atoms with E-state index in [1.165, 1.54) is 0 Å². The first-order valence-corrected chi connectivity index (χ1v) is 19.4. The number of nitrogens with one attached hydrogen (secondary N) is 4. The Morgan fingerprint density at radius 2 is 1.10 bits per heavy atom. The standard InChI is InChI=1S/C38H58N8O13/c1-27-4-2-5-28(22-27)23-40-32(49)10-8-29(37(56)57)41-33(50)6-3-11-39-31(48)9-7-30(38(58)59)42-34(51)24-44-16-18-45(25-35(52)53)14-12-43(20-21-47)13-15-46(19-17-44)26-36(54)55/h2,4-5,21-22,29-30H,3,6-20,23-26H2,1H3,(H,39,48)(H,40,49)(H,41,50)(H,42,51)(H,52,53)(H,54,55)(H,56,57)(H,58,59). The lowest BCUT2D eigenvalue weighted by Crippen LogP contribution is -2.51. The van der Waals surface area contributed by atoms with Crippen molar-refractivity contribution >= 4 is 53.8 Å². The van der Waals surface area contributed by atoms with Crippen LogP contribution in [0.2, 0.25) is 0 Å². The van der Waals surface area contributed by atoms with Crippen LogP contribution in [0.15, 0.2) is 24.3 Å². The van der Waals surface area contributed by atoms with Gasteiger partial charge in [0.2, 0.25) is 23.6 Å². The Morgan fingerprint density at radius 1 is 0.627 bits per heavy atom. The summed E-state index contributed by atoms with van der Waals surface area (Å²) in [6.07, 6.45) is -0.0664. The largest absolute Gasteiger partial charge is 0.480 e. The van der Waals surface area contributed by atoms with Gasteiger partial charge in [-0.05, 0) is 31.7 Å². The lowest BCUT2D eigenvalue weighted by Gasteiger charge is -2.32. The van der Waals surface area contributed by atoms with Crippen LogP contribution < -0.4 is 21.3 Å². The predicted molar refractivity (Wildman–Crippen MR) is 210 cm³/mol. The zero-order valence-electron chi connectivity index (χ0n) is 33.4. The zero-order valence-corrected chi connectivity index (χ0v) is 33.4. The third-order valence-electron chi connectivity index (χ3n) is 9.41. The predicted octanol–water partition coefficient (Wildman–Crippen LogP) is -2.20. The molecule has 21 nitrogen and oxygen atoms in total. The van der Waals surface area contributed by atoms with Gasteiger partial charge in [-0.3, -0.25) is 48.4 Å². The quantitative estimate of drug-likeness (QED) is 0.0405. The van der Waals surface area contributed by atoms with E-state index >= 15 is 0 Å². The Labute approximate surface area is 342 Å². The summed E-state index contributed by atoms with van der Waals surface area (Å²) in [7, 11) is 0. The number of aldehydes is 1. The highest BCUT2D eigenvalue weighted by Gasteiger charge is 2.25. The van der Waals surface area contributed by atoms with Gasteiger partial charge in [-0.25, -0.2) is 9.59 Å². The van der Waals surface area contributed by atoms with Crippen LogP contribution in [0.3, 0.4) is 0 Å². The molecule has 2 rings (SSSR count). The highest BCUT2D eigenvalue weighted by molar-refractivity contribution is 5.86. The van der Waals surface area contributed by atoms with Gasteiger partial charge in [-0.2, -0.15) is 0 Å². The minimum atomic E-state index is -1.43. The third kappa shape index (κ3) is 22.3. The first kappa shape index (κ1) is 49.6. The van der Waals surface area contributed by atoms with Crippen molar-refractivity contribution in [2.45, 2.75) is 64.1 Å². The highest BCUT2D eigenvalue weighted by Crippen LogP contribution is 2.06. The van der Waals surface area contributed by atoms with E-state index in [0.29, 0.717) is 13.1 Å².